The van der Waals surface area contributed by atoms with Gasteiger partial charge in [0.15, 0.2) is 0 Å². The van der Waals surface area contributed by atoms with E-state index in [0.717, 1.165) is 29.1 Å². The van der Waals surface area contributed by atoms with Crippen molar-refractivity contribution < 1.29 is 0 Å². The molecule has 0 aliphatic carbocycles. The number of fused-ring (bicyclic) bond motifs is 1. The van der Waals surface area contributed by atoms with E-state index >= 15 is 0 Å². The highest BCUT2D eigenvalue weighted by atomic mass is 79.9. The van der Waals surface area contributed by atoms with Gasteiger partial charge in [-0.25, -0.2) is 4.98 Å². The first-order chi connectivity index (χ1) is 8.22. The molecule has 0 N–H and O–H groups in total. The zero-order valence-electron chi connectivity index (χ0n) is 9.86. The molecule has 0 saturated heterocycles. The van der Waals surface area contributed by atoms with Crippen LogP contribution in [0.4, 0.5) is 0 Å². The van der Waals surface area contributed by atoms with Crippen LogP contribution < -0.4 is 0 Å². The second kappa shape index (κ2) is 4.30. The summed E-state index contributed by atoms with van der Waals surface area (Å²) in [6.07, 6.45) is 4.55. The first-order valence-electron chi connectivity index (χ1n) is 6.04. The second-order valence-electron chi connectivity index (χ2n) is 4.85. The Morgan fingerprint density at radius 3 is 3.12 bits per heavy atom. The van der Waals surface area contributed by atoms with E-state index in [-0.39, 0.29) is 0 Å². The first kappa shape index (κ1) is 11.0. The molecule has 0 fully saturated rings. The summed E-state index contributed by atoms with van der Waals surface area (Å²) in [6, 6.07) is 8.34. The fourth-order valence-corrected chi connectivity index (χ4v) is 2.80. The molecule has 0 spiro atoms. The number of rotatable bonds is 1. The van der Waals surface area contributed by atoms with Gasteiger partial charge in [0, 0.05) is 29.2 Å². The molecule has 2 heterocycles. The Bertz CT molecular complexity index is 545. The van der Waals surface area contributed by atoms with Crippen molar-refractivity contribution >= 4 is 15.9 Å². The van der Waals surface area contributed by atoms with Crippen LogP contribution in [0, 0.1) is 5.92 Å². The van der Waals surface area contributed by atoms with Crippen LogP contribution in [0.3, 0.4) is 0 Å². The quantitative estimate of drug-likeness (QED) is 0.779. The smallest absolute Gasteiger partial charge is 0.109 e. The van der Waals surface area contributed by atoms with Crippen molar-refractivity contribution in [3.05, 3.63) is 40.8 Å². The molecule has 3 heteroatoms. The normalized spacial score (nSPS) is 19.1. The van der Waals surface area contributed by atoms with E-state index in [0.29, 0.717) is 0 Å². The van der Waals surface area contributed by atoms with Crippen molar-refractivity contribution in [3.8, 4) is 11.3 Å². The molecule has 1 aliphatic rings. The van der Waals surface area contributed by atoms with Gasteiger partial charge in [-0.2, -0.15) is 0 Å². The number of benzene rings is 1. The van der Waals surface area contributed by atoms with Gasteiger partial charge in [-0.1, -0.05) is 35.0 Å². The average Bonchev–Trinajstić information content (AvgIpc) is 2.72. The molecule has 3 rings (SSSR count). The highest BCUT2D eigenvalue weighted by Crippen LogP contribution is 2.26. The Balaban J connectivity index is 2.00. The lowest BCUT2D eigenvalue weighted by Gasteiger charge is -2.19. The number of hydrogen-bond acceptors (Lipinski definition) is 1. The summed E-state index contributed by atoms with van der Waals surface area (Å²) < 4.78 is 3.42. The molecule has 2 nitrogen and oxygen atoms in total. The molecule has 88 valence electrons. The molecule has 1 aromatic carbocycles. The van der Waals surface area contributed by atoms with E-state index in [4.69, 9.17) is 4.98 Å². The molecule has 0 saturated carbocycles. The van der Waals surface area contributed by atoms with Gasteiger partial charge < -0.3 is 4.57 Å². The highest BCUT2D eigenvalue weighted by molar-refractivity contribution is 9.10. The van der Waals surface area contributed by atoms with Gasteiger partial charge in [0.1, 0.15) is 5.82 Å². The molecular weight excluding hydrogens is 276 g/mol. The Hall–Kier alpha value is -1.09. The van der Waals surface area contributed by atoms with Gasteiger partial charge in [0.25, 0.3) is 0 Å². The lowest BCUT2D eigenvalue weighted by Crippen LogP contribution is -2.17. The Labute approximate surface area is 110 Å². The number of imidazole rings is 1. The molecule has 1 aromatic heterocycles. The van der Waals surface area contributed by atoms with Crippen LogP contribution in [0.1, 0.15) is 19.2 Å². The van der Waals surface area contributed by atoms with E-state index in [2.05, 4.69) is 51.8 Å². The molecule has 1 atom stereocenters. The van der Waals surface area contributed by atoms with Gasteiger partial charge >= 0.3 is 0 Å². The van der Waals surface area contributed by atoms with E-state index in [1.165, 1.54) is 17.8 Å². The Morgan fingerprint density at radius 1 is 1.41 bits per heavy atom. The third-order valence-electron chi connectivity index (χ3n) is 3.35. The monoisotopic (exact) mass is 290 g/mol. The zero-order chi connectivity index (χ0) is 11.8. The van der Waals surface area contributed by atoms with Crippen LogP contribution in [0.5, 0.6) is 0 Å². The molecule has 0 amide bonds. The van der Waals surface area contributed by atoms with E-state index in [9.17, 15) is 0 Å². The van der Waals surface area contributed by atoms with Crippen LogP contribution in [-0.4, -0.2) is 9.55 Å². The molecule has 0 bridgehead atoms. The molecule has 2 aromatic rings. The molecule has 1 unspecified atom stereocenters. The number of aromatic nitrogens is 2. The summed E-state index contributed by atoms with van der Waals surface area (Å²) in [5.41, 5.74) is 2.28. The average molecular weight is 291 g/mol. The van der Waals surface area contributed by atoms with Crippen LogP contribution in [0.15, 0.2) is 34.9 Å². The lowest BCUT2D eigenvalue weighted by atomic mass is 10.0. The van der Waals surface area contributed by atoms with Crippen molar-refractivity contribution in [2.24, 2.45) is 5.92 Å². The first-order valence-corrected chi connectivity index (χ1v) is 6.83. The Morgan fingerprint density at radius 2 is 2.29 bits per heavy atom. The number of nitrogens with zero attached hydrogens (tertiary/aromatic N) is 2. The second-order valence-corrected chi connectivity index (χ2v) is 5.76. The van der Waals surface area contributed by atoms with E-state index in [1.54, 1.807) is 0 Å². The topological polar surface area (TPSA) is 17.8 Å². The standard InChI is InChI=1S/C14H15BrN2/c1-10-5-6-14-16-13(9-17(14)8-10)11-3-2-4-12(15)7-11/h2-4,7,9-10H,5-6,8H2,1H3. The minimum absolute atomic E-state index is 0.770. The Kier molecular flexibility index (Phi) is 2.79. The summed E-state index contributed by atoms with van der Waals surface area (Å²) >= 11 is 3.51. The summed E-state index contributed by atoms with van der Waals surface area (Å²) in [5, 5.41) is 0. The summed E-state index contributed by atoms with van der Waals surface area (Å²) in [6.45, 7) is 3.41. The van der Waals surface area contributed by atoms with Crippen LogP contribution in [0.2, 0.25) is 0 Å². The van der Waals surface area contributed by atoms with Crippen molar-refractivity contribution in [1.29, 1.82) is 0 Å². The van der Waals surface area contributed by atoms with Crippen LogP contribution >= 0.6 is 15.9 Å². The van der Waals surface area contributed by atoms with Crippen LogP contribution in [0.25, 0.3) is 11.3 Å². The summed E-state index contributed by atoms with van der Waals surface area (Å²) in [7, 11) is 0. The maximum Gasteiger partial charge on any atom is 0.109 e. The van der Waals surface area contributed by atoms with Crippen molar-refractivity contribution in [1.82, 2.24) is 9.55 Å². The third-order valence-corrected chi connectivity index (χ3v) is 3.84. The van der Waals surface area contributed by atoms with Crippen molar-refractivity contribution in [2.45, 2.75) is 26.3 Å². The minimum Gasteiger partial charge on any atom is -0.334 e. The predicted molar refractivity (Wildman–Crippen MR) is 72.8 cm³/mol. The zero-order valence-corrected chi connectivity index (χ0v) is 11.4. The van der Waals surface area contributed by atoms with Gasteiger partial charge in [-0.15, -0.1) is 0 Å². The van der Waals surface area contributed by atoms with Crippen molar-refractivity contribution in [2.75, 3.05) is 0 Å². The van der Waals surface area contributed by atoms with Crippen LogP contribution in [-0.2, 0) is 13.0 Å². The number of halogens is 1. The number of hydrogen-bond donors (Lipinski definition) is 0. The third kappa shape index (κ3) is 2.16. The maximum atomic E-state index is 4.74. The minimum atomic E-state index is 0.770. The maximum absolute atomic E-state index is 4.74. The molecule has 0 radical (unpaired) electrons. The van der Waals surface area contributed by atoms with Gasteiger partial charge in [0.2, 0.25) is 0 Å². The highest BCUT2D eigenvalue weighted by Gasteiger charge is 2.17. The van der Waals surface area contributed by atoms with Gasteiger partial charge in [0.05, 0.1) is 5.69 Å². The predicted octanol–water partition coefficient (Wildman–Crippen LogP) is 3.89. The lowest BCUT2D eigenvalue weighted by molar-refractivity contribution is 0.394. The molecule has 1 aliphatic heterocycles. The largest absolute Gasteiger partial charge is 0.334 e. The van der Waals surface area contributed by atoms with Gasteiger partial charge in [-0.05, 0) is 24.5 Å². The van der Waals surface area contributed by atoms with Crippen molar-refractivity contribution in [3.63, 3.8) is 0 Å². The van der Waals surface area contributed by atoms with Gasteiger partial charge in [-0.3, -0.25) is 0 Å². The fraction of sp³-hybridized carbons (Fsp3) is 0.357. The molecular formula is C14H15BrN2. The summed E-state index contributed by atoms with van der Waals surface area (Å²) in [4.78, 5) is 4.74. The van der Waals surface area contributed by atoms with E-state index in [1.807, 2.05) is 6.07 Å². The fourth-order valence-electron chi connectivity index (χ4n) is 2.40. The summed E-state index contributed by atoms with van der Waals surface area (Å²) in [5.74, 6) is 2.00. The SMILES string of the molecule is CC1CCc2nc(-c3cccc(Br)c3)cn2C1. The van der Waals surface area contributed by atoms with E-state index < -0.39 is 0 Å². The number of aryl methyl sites for hydroxylation is 1. The molecule has 17 heavy (non-hydrogen) atoms.